The van der Waals surface area contributed by atoms with Gasteiger partial charge in [-0.25, -0.2) is 4.99 Å². The highest BCUT2D eigenvalue weighted by Gasteiger charge is 2.53. The van der Waals surface area contributed by atoms with Gasteiger partial charge in [-0.3, -0.25) is 4.79 Å². The standard InChI is InChI=1S/C42H43N3O2P/c1-3-44(4-2)42(46)39(43-41(35-22-12-6-13-23-35)45-30-32-47-33-31-45)40(34-20-10-5-11-21-34)48(36-24-14-7-15-25-36,37-26-16-8-17-27-37)38-28-18-9-19-29-38/h5-29H,3-4,30-33H2,1-2H3/q+1/b40-39+,43-41?. The Labute approximate surface area is 285 Å². The third kappa shape index (κ3) is 6.75. The summed E-state index contributed by atoms with van der Waals surface area (Å²) in [6, 6.07) is 52.9. The summed E-state index contributed by atoms with van der Waals surface area (Å²) >= 11 is 0. The van der Waals surface area contributed by atoms with Gasteiger partial charge in [-0.2, -0.15) is 0 Å². The van der Waals surface area contributed by atoms with Crippen LogP contribution in [-0.2, 0) is 9.53 Å². The van der Waals surface area contributed by atoms with Gasteiger partial charge in [0.05, 0.1) is 13.2 Å². The van der Waals surface area contributed by atoms with E-state index in [9.17, 15) is 0 Å². The van der Waals surface area contributed by atoms with E-state index in [1.54, 1.807) is 0 Å². The van der Waals surface area contributed by atoms with E-state index in [0.717, 1.165) is 38.2 Å². The molecule has 0 aliphatic carbocycles. The first-order valence-electron chi connectivity index (χ1n) is 16.8. The molecule has 0 atom stereocenters. The molecule has 0 radical (unpaired) electrons. The molecule has 1 aliphatic rings. The van der Waals surface area contributed by atoms with Gasteiger partial charge in [0, 0.05) is 37.3 Å². The zero-order valence-electron chi connectivity index (χ0n) is 27.8. The van der Waals surface area contributed by atoms with Crippen molar-refractivity contribution in [1.82, 2.24) is 9.80 Å². The SMILES string of the molecule is CCN(CC)C(=O)/C(N=C(c1ccccc1)N1CCOCC1)=C(/c1ccccc1)[P+](c1ccccc1)(c1ccccc1)c1ccccc1. The van der Waals surface area contributed by atoms with Crippen molar-refractivity contribution < 1.29 is 9.53 Å². The van der Waals surface area contributed by atoms with Crippen molar-refractivity contribution >= 4 is 40.2 Å². The molecule has 0 N–H and O–H groups in total. The van der Waals surface area contributed by atoms with Crippen LogP contribution in [0.4, 0.5) is 0 Å². The van der Waals surface area contributed by atoms with Crippen LogP contribution in [0.25, 0.3) is 5.31 Å². The van der Waals surface area contributed by atoms with Crippen LogP contribution < -0.4 is 15.9 Å². The van der Waals surface area contributed by atoms with Crippen molar-refractivity contribution in [3.8, 4) is 0 Å². The summed E-state index contributed by atoms with van der Waals surface area (Å²) in [6.45, 7) is 7.82. The Morgan fingerprint density at radius 3 is 1.44 bits per heavy atom. The third-order valence-corrected chi connectivity index (χ3v) is 13.2. The molecule has 0 spiro atoms. The number of carbonyl (C=O) groups excluding carboxylic acids is 1. The number of aliphatic imine (C=N–C) groups is 1. The molecule has 242 valence electrons. The van der Waals surface area contributed by atoms with Crippen LogP contribution in [0.15, 0.2) is 162 Å². The fourth-order valence-electron chi connectivity index (χ4n) is 6.52. The quantitative estimate of drug-likeness (QED) is 0.0707. The van der Waals surface area contributed by atoms with Crippen LogP contribution in [-0.4, -0.2) is 60.9 Å². The highest BCUT2D eigenvalue weighted by atomic mass is 31.2. The van der Waals surface area contributed by atoms with E-state index in [0.29, 0.717) is 45.1 Å². The molecule has 6 rings (SSSR count). The normalized spacial score (nSPS) is 14.3. The van der Waals surface area contributed by atoms with Gasteiger partial charge in [-0.05, 0) is 50.2 Å². The number of amidine groups is 1. The zero-order valence-corrected chi connectivity index (χ0v) is 28.7. The molecule has 5 aromatic carbocycles. The van der Waals surface area contributed by atoms with Crippen molar-refractivity contribution in [1.29, 1.82) is 0 Å². The Morgan fingerprint density at radius 1 is 0.625 bits per heavy atom. The summed E-state index contributed by atoms with van der Waals surface area (Å²) in [4.78, 5) is 25.0. The lowest BCUT2D eigenvalue weighted by molar-refractivity contribution is -0.126. The predicted octanol–water partition coefficient (Wildman–Crippen LogP) is 7.00. The highest BCUT2D eigenvalue weighted by molar-refractivity contribution is 8.03. The molecule has 5 nitrogen and oxygen atoms in total. The number of carbonyl (C=O) groups is 1. The van der Waals surface area contributed by atoms with Crippen molar-refractivity contribution in [3.05, 3.63) is 168 Å². The highest BCUT2D eigenvalue weighted by Crippen LogP contribution is 2.67. The number of likely N-dealkylation sites (N-methyl/N-ethyl adjacent to an activating group) is 1. The minimum atomic E-state index is -2.76. The summed E-state index contributed by atoms with van der Waals surface area (Å²) in [5.74, 6) is 0.711. The van der Waals surface area contributed by atoms with E-state index in [4.69, 9.17) is 9.73 Å². The van der Waals surface area contributed by atoms with Gasteiger partial charge in [0.25, 0.3) is 5.91 Å². The van der Waals surface area contributed by atoms with E-state index in [2.05, 4.69) is 132 Å². The first-order chi connectivity index (χ1) is 23.7. The minimum absolute atomic E-state index is 0.0762. The summed E-state index contributed by atoms with van der Waals surface area (Å²) < 4.78 is 5.78. The number of benzene rings is 5. The van der Waals surface area contributed by atoms with Gasteiger partial charge < -0.3 is 14.5 Å². The van der Waals surface area contributed by atoms with E-state index in [1.165, 1.54) is 0 Å². The maximum atomic E-state index is 15.2. The largest absolute Gasteiger partial charge is 0.378 e. The van der Waals surface area contributed by atoms with Crippen LogP contribution >= 0.6 is 7.26 Å². The smallest absolute Gasteiger partial charge is 0.276 e. The van der Waals surface area contributed by atoms with Crippen LogP contribution in [0, 0.1) is 0 Å². The van der Waals surface area contributed by atoms with E-state index >= 15 is 4.79 Å². The number of ether oxygens (including phenoxy) is 1. The van der Waals surface area contributed by atoms with Gasteiger partial charge in [0.2, 0.25) is 0 Å². The summed E-state index contributed by atoms with van der Waals surface area (Å²) in [5, 5.41) is 4.43. The van der Waals surface area contributed by atoms with Crippen molar-refractivity contribution in [2.45, 2.75) is 13.8 Å². The second kappa shape index (κ2) is 15.8. The molecule has 6 heteroatoms. The first-order valence-corrected chi connectivity index (χ1v) is 18.6. The molecule has 1 saturated heterocycles. The fourth-order valence-corrected chi connectivity index (χ4v) is 11.1. The maximum Gasteiger partial charge on any atom is 0.276 e. The molecule has 0 saturated carbocycles. The van der Waals surface area contributed by atoms with E-state index in [-0.39, 0.29) is 5.91 Å². The van der Waals surface area contributed by atoms with Gasteiger partial charge >= 0.3 is 0 Å². The molecule has 48 heavy (non-hydrogen) atoms. The van der Waals surface area contributed by atoms with Crippen LogP contribution in [0.2, 0.25) is 0 Å². The lowest BCUT2D eigenvalue weighted by Gasteiger charge is -2.33. The molecule has 1 aliphatic heterocycles. The molecule has 0 bridgehead atoms. The lowest BCUT2D eigenvalue weighted by atomic mass is 10.1. The number of hydrogen-bond acceptors (Lipinski definition) is 3. The Morgan fingerprint density at radius 2 is 1.02 bits per heavy atom. The Balaban J connectivity index is 1.84. The molecular weight excluding hydrogens is 609 g/mol. The lowest BCUT2D eigenvalue weighted by Crippen LogP contribution is -2.42. The van der Waals surface area contributed by atoms with Gasteiger partial charge in [-0.1, -0.05) is 115 Å². The van der Waals surface area contributed by atoms with Gasteiger partial charge in [0.15, 0.2) is 5.70 Å². The fraction of sp³-hybridized carbons (Fsp3) is 0.190. The number of nitrogens with zero attached hydrogens (tertiary/aromatic N) is 3. The number of hydrogen-bond donors (Lipinski definition) is 0. The molecular formula is C42H43N3O2P+. The summed E-state index contributed by atoms with van der Waals surface area (Å²) in [6.07, 6.45) is 0. The molecule has 5 aromatic rings. The molecule has 1 amide bonds. The Bertz CT molecular complexity index is 1720. The monoisotopic (exact) mass is 652 g/mol. The Hall–Kier alpha value is -4.83. The average Bonchev–Trinajstić information content (AvgIpc) is 3.17. The number of rotatable bonds is 10. The van der Waals surface area contributed by atoms with Crippen molar-refractivity contribution in [3.63, 3.8) is 0 Å². The molecule has 1 heterocycles. The van der Waals surface area contributed by atoms with Gasteiger partial charge in [-0.15, -0.1) is 0 Å². The Kier molecular flexibility index (Phi) is 10.9. The second-order valence-electron chi connectivity index (χ2n) is 11.6. The number of morpholine rings is 1. The van der Waals surface area contributed by atoms with Crippen LogP contribution in [0.3, 0.4) is 0 Å². The molecule has 1 fully saturated rings. The van der Waals surface area contributed by atoms with Crippen molar-refractivity contribution in [2.24, 2.45) is 4.99 Å². The number of amides is 1. The van der Waals surface area contributed by atoms with Crippen LogP contribution in [0.5, 0.6) is 0 Å². The second-order valence-corrected chi connectivity index (χ2v) is 15.0. The molecule has 0 unspecified atom stereocenters. The maximum absolute atomic E-state index is 15.2. The van der Waals surface area contributed by atoms with Crippen LogP contribution in [0.1, 0.15) is 25.0 Å². The third-order valence-electron chi connectivity index (χ3n) is 8.85. The van der Waals surface area contributed by atoms with Gasteiger partial charge in [0.1, 0.15) is 34.3 Å². The topological polar surface area (TPSA) is 45.1 Å². The average molecular weight is 653 g/mol. The molecule has 0 aromatic heterocycles. The summed E-state index contributed by atoms with van der Waals surface area (Å²) in [7, 11) is -2.76. The van der Waals surface area contributed by atoms with Crippen molar-refractivity contribution in [2.75, 3.05) is 39.4 Å². The minimum Gasteiger partial charge on any atom is -0.378 e. The predicted molar refractivity (Wildman–Crippen MR) is 202 cm³/mol. The van der Waals surface area contributed by atoms with E-state index < -0.39 is 7.26 Å². The van der Waals surface area contributed by atoms with E-state index in [1.807, 2.05) is 43.0 Å². The first kappa shape index (κ1) is 33.1. The summed E-state index contributed by atoms with van der Waals surface area (Å²) in [5.41, 5.74) is 2.43. The zero-order chi connectivity index (χ0) is 33.2.